The highest BCUT2D eigenvalue weighted by Crippen LogP contribution is 2.09. The predicted octanol–water partition coefficient (Wildman–Crippen LogP) is 0.943. The highest BCUT2D eigenvalue weighted by molar-refractivity contribution is 5.94. The van der Waals surface area contributed by atoms with E-state index in [0.717, 1.165) is 0 Å². The summed E-state index contributed by atoms with van der Waals surface area (Å²) in [5.41, 5.74) is 6.25. The lowest BCUT2D eigenvalue weighted by atomic mass is 10.2. The second-order valence-electron chi connectivity index (χ2n) is 3.86. The van der Waals surface area contributed by atoms with Gasteiger partial charge in [0.15, 0.2) is 5.82 Å². The van der Waals surface area contributed by atoms with Gasteiger partial charge in [0.05, 0.1) is 17.9 Å². The fraction of sp³-hybridized carbons (Fsp3) is 0.250. The first-order valence-electron chi connectivity index (χ1n) is 5.73. The number of nitrogens with one attached hydrogen (secondary N) is 1. The fourth-order valence-electron chi connectivity index (χ4n) is 1.42. The minimum absolute atomic E-state index is 0.203. The van der Waals surface area contributed by atoms with Crippen LogP contribution in [0, 0.1) is 0 Å². The number of amides is 1. The van der Waals surface area contributed by atoms with E-state index in [1.54, 1.807) is 35.4 Å². The second-order valence-corrected chi connectivity index (χ2v) is 3.86. The van der Waals surface area contributed by atoms with Crippen LogP contribution >= 0.6 is 0 Å². The summed E-state index contributed by atoms with van der Waals surface area (Å²) in [6.07, 6.45) is 5.66. The molecule has 0 saturated heterocycles. The van der Waals surface area contributed by atoms with Gasteiger partial charge in [0, 0.05) is 12.4 Å². The minimum Gasteiger partial charge on any atom is -0.323 e. The van der Waals surface area contributed by atoms with Crippen LogP contribution in [0.1, 0.15) is 13.3 Å². The number of anilines is 1. The Hall–Kier alpha value is -2.21. The molecule has 3 N–H and O–H groups in total. The van der Waals surface area contributed by atoms with Crippen LogP contribution in [0.2, 0.25) is 0 Å². The van der Waals surface area contributed by atoms with Crippen molar-refractivity contribution in [3.05, 3.63) is 36.8 Å². The zero-order valence-electron chi connectivity index (χ0n) is 10.1. The molecule has 6 heteroatoms. The van der Waals surface area contributed by atoms with E-state index >= 15 is 0 Å². The van der Waals surface area contributed by atoms with E-state index in [0.29, 0.717) is 17.9 Å². The number of hydrogen-bond donors (Lipinski definition) is 2. The van der Waals surface area contributed by atoms with Gasteiger partial charge in [-0.3, -0.25) is 4.79 Å². The van der Waals surface area contributed by atoms with Crippen molar-refractivity contribution in [1.29, 1.82) is 0 Å². The Morgan fingerprint density at radius 3 is 2.94 bits per heavy atom. The molecule has 2 heterocycles. The van der Waals surface area contributed by atoms with Gasteiger partial charge < -0.3 is 11.1 Å². The Balaban J connectivity index is 2.06. The third kappa shape index (κ3) is 2.72. The van der Waals surface area contributed by atoms with Crippen molar-refractivity contribution in [2.75, 3.05) is 5.32 Å². The molecule has 6 nitrogen and oxygen atoms in total. The molecular formula is C12H15N5O. The van der Waals surface area contributed by atoms with E-state index in [1.807, 2.05) is 13.0 Å². The van der Waals surface area contributed by atoms with Crippen molar-refractivity contribution in [2.24, 2.45) is 5.73 Å². The Bertz CT molecular complexity index is 506. The largest absolute Gasteiger partial charge is 0.323 e. The number of aromatic nitrogens is 3. The van der Waals surface area contributed by atoms with Crippen molar-refractivity contribution < 1.29 is 4.79 Å². The van der Waals surface area contributed by atoms with Crippen LogP contribution in [0.5, 0.6) is 0 Å². The molecule has 0 aliphatic carbocycles. The van der Waals surface area contributed by atoms with Crippen molar-refractivity contribution in [3.63, 3.8) is 0 Å². The van der Waals surface area contributed by atoms with Crippen LogP contribution in [0.4, 0.5) is 5.69 Å². The van der Waals surface area contributed by atoms with Crippen molar-refractivity contribution in [3.8, 4) is 5.82 Å². The van der Waals surface area contributed by atoms with Crippen LogP contribution < -0.4 is 11.1 Å². The van der Waals surface area contributed by atoms with Gasteiger partial charge in [0.2, 0.25) is 5.91 Å². The zero-order chi connectivity index (χ0) is 13.0. The third-order valence-electron chi connectivity index (χ3n) is 2.53. The van der Waals surface area contributed by atoms with Crippen LogP contribution in [0.15, 0.2) is 36.8 Å². The maximum Gasteiger partial charge on any atom is 0.241 e. The smallest absolute Gasteiger partial charge is 0.241 e. The predicted molar refractivity (Wildman–Crippen MR) is 68.3 cm³/mol. The monoisotopic (exact) mass is 245 g/mol. The number of hydrogen-bond acceptors (Lipinski definition) is 4. The average molecular weight is 245 g/mol. The standard InChI is InChI=1S/C12H15N5O/c1-2-10(13)12(18)16-9-4-5-11(14-8-9)17-7-3-6-15-17/h3-8,10H,2,13H2,1H3,(H,16,18). The Morgan fingerprint density at radius 2 is 2.39 bits per heavy atom. The number of nitrogens with zero attached hydrogens (tertiary/aromatic N) is 3. The summed E-state index contributed by atoms with van der Waals surface area (Å²) in [5.74, 6) is 0.490. The van der Waals surface area contributed by atoms with Gasteiger partial charge in [-0.05, 0) is 24.6 Å². The summed E-state index contributed by atoms with van der Waals surface area (Å²) in [4.78, 5) is 15.8. The molecule has 1 unspecified atom stereocenters. The molecule has 2 aromatic heterocycles. The first kappa shape index (κ1) is 12.3. The number of nitrogens with two attached hydrogens (primary N) is 1. The minimum atomic E-state index is -0.490. The molecule has 0 bridgehead atoms. The molecular weight excluding hydrogens is 230 g/mol. The summed E-state index contributed by atoms with van der Waals surface area (Å²) in [5, 5.41) is 6.77. The van der Waals surface area contributed by atoms with E-state index in [4.69, 9.17) is 5.73 Å². The quantitative estimate of drug-likeness (QED) is 0.839. The third-order valence-corrected chi connectivity index (χ3v) is 2.53. The normalized spacial score (nSPS) is 12.1. The number of rotatable bonds is 4. The number of carbonyl (C=O) groups is 1. The van der Waals surface area contributed by atoms with Crippen LogP contribution in [0.3, 0.4) is 0 Å². The first-order chi connectivity index (χ1) is 8.70. The topological polar surface area (TPSA) is 85.8 Å². The van der Waals surface area contributed by atoms with E-state index in [2.05, 4.69) is 15.4 Å². The number of pyridine rings is 1. The van der Waals surface area contributed by atoms with Gasteiger partial charge in [0.25, 0.3) is 0 Å². The summed E-state index contributed by atoms with van der Waals surface area (Å²) >= 11 is 0. The molecule has 1 atom stereocenters. The molecule has 0 radical (unpaired) electrons. The highest BCUT2D eigenvalue weighted by Gasteiger charge is 2.10. The van der Waals surface area contributed by atoms with E-state index in [1.165, 1.54) is 0 Å². The van der Waals surface area contributed by atoms with Gasteiger partial charge in [-0.1, -0.05) is 6.92 Å². The molecule has 1 amide bonds. The summed E-state index contributed by atoms with van der Waals surface area (Å²) in [7, 11) is 0. The Labute approximate surface area is 105 Å². The molecule has 0 spiro atoms. The lowest BCUT2D eigenvalue weighted by Crippen LogP contribution is -2.34. The van der Waals surface area contributed by atoms with Crippen LogP contribution in [-0.2, 0) is 4.79 Å². The van der Waals surface area contributed by atoms with Crippen molar-refractivity contribution in [1.82, 2.24) is 14.8 Å². The summed E-state index contributed by atoms with van der Waals surface area (Å²) in [6.45, 7) is 1.86. The summed E-state index contributed by atoms with van der Waals surface area (Å²) in [6, 6.07) is 4.87. The highest BCUT2D eigenvalue weighted by atomic mass is 16.2. The zero-order valence-corrected chi connectivity index (χ0v) is 10.1. The Kier molecular flexibility index (Phi) is 3.69. The van der Waals surface area contributed by atoms with Gasteiger partial charge in [0.1, 0.15) is 0 Å². The Morgan fingerprint density at radius 1 is 1.56 bits per heavy atom. The van der Waals surface area contributed by atoms with Gasteiger partial charge in [-0.25, -0.2) is 9.67 Å². The van der Waals surface area contributed by atoms with Gasteiger partial charge in [-0.2, -0.15) is 5.10 Å². The average Bonchev–Trinajstić information content (AvgIpc) is 2.92. The lowest BCUT2D eigenvalue weighted by molar-refractivity contribution is -0.117. The molecule has 2 aromatic rings. The first-order valence-corrected chi connectivity index (χ1v) is 5.73. The van der Waals surface area contributed by atoms with E-state index in [-0.39, 0.29) is 5.91 Å². The van der Waals surface area contributed by atoms with E-state index < -0.39 is 6.04 Å². The molecule has 2 rings (SSSR count). The lowest BCUT2D eigenvalue weighted by Gasteiger charge is -2.10. The SMILES string of the molecule is CCC(N)C(=O)Nc1ccc(-n2cccn2)nc1. The molecule has 18 heavy (non-hydrogen) atoms. The second kappa shape index (κ2) is 5.42. The molecule has 0 aliphatic heterocycles. The van der Waals surface area contributed by atoms with Crippen LogP contribution in [-0.4, -0.2) is 26.7 Å². The van der Waals surface area contributed by atoms with Crippen LogP contribution in [0.25, 0.3) is 5.82 Å². The molecule has 0 fully saturated rings. The van der Waals surface area contributed by atoms with Crippen molar-refractivity contribution in [2.45, 2.75) is 19.4 Å². The molecule has 0 aromatic carbocycles. The van der Waals surface area contributed by atoms with Crippen molar-refractivity contribution >= 4 is 11.6 Å². The fourth-order valence-corrected chi connectivity index (χ4v) is 1.42. The number of carbonyl (C=O) groups excluding carboxylic acids is 1. The van der Waals surface area contributed by atoms with Gasteiger partial charge in [-0.15, -0.1) is 0 Å². The summed E-state index contributed by atoms with van der Waals surface area (Å²) < 4.78 is 1.64. The molecule has 94 valence electrons. The maximum atomic E-state index is 11.6. The molecule has 0 aliphatic rings. The maximum absolute atomic E-state index is 11.6. The van der Waals surface area contributed by atoms with E-state index in [9.17, 15) is 4.79 Å². The molecule has 0 saturated carbocycles. The van der Waals surface area contributed by atoms with Gasteiger partial charge >= 0.3 is 0 Å².